The number of para-hydroxylation sites is 1. The lowest BCUT2D eigenvalue weighted by Crippen LogP contribution is -2.17. The van der Waals surface area contributed by atoms with Gasteiger partial charge in [0.05, 0.1) is 0 Å². The Bertz CT molecular complexity index is 955. The third-order valence-electron chi connectivity index (χ3n) is 4.32. The van der Waals surface area contributed by atoms with E-state index in [-0.39, 0.29) is 18.1 Å². The maximum absolute atomic E-state index is 13.7. The fraction of sp³-hybridized carbons (Fsp3) is 0.286. The second kappa shape index (κ2) is 9.23. The van der Waals surface area contributed by atoms with Crippen LogP contribution in [0.1, 0.15) is 30.4 Å². The van der Waals surface area contributed by atoms with E-state index in [4.69, 9.17) is 4.52 Å². The monoisotopic (exact) mass is 382 g/mol. The van der Waals surface area contributed by atoms with Crippen molar-refractivity contribution in [3.8, 4) is 11.4 Å². The lowest BCUT2D eigenvalue weighted by Gasteiger charge is -2.11. The van der Waals surface area contributed by atoms with Crippen LogP contribution in [0.2, 0.25) is 0 Å². The Morgan fingerprint density at radius 1 is 1.21 bits per heavy atom. The molecule has 1 aromatic heterocycles. The Labute approximate surface area is 163 Å². The van der Waals surface area contributed by atoms with Gasteiger partial charge in [0.15, 0.2) is 0 Å². The van der Waals surface area contributed by atoms with Crippen LogP contribution in [0.5, 0.6) is 0 Å². The maximum Gasteiger partial charge on any atom is 0.227 e. The first-order chi connectivity index (χ1) is 13.6. The summed E-state index contributed by atoms with van der Waals surface area (Å²) in [5, 5.41) is 10.0. The summed E-state index contributed by atoms with van der Waals surface area (Å²) < 4.78 is 18.9. The van der Waals surface area contributed by atoms with E-state index in [9.17, 15) is 9.18 Å². The maximum atomic E-state index is 13.7. The highest BCUT2D eigenvalue weighted by molar-refractivity contribution is 5.91. The van der Waals surface area contributed by atoms with Gasteiger partial charge in [-0.15, -0.1) is 0 Å². The van der Waals surface area contributed by atoms with Crippen molar-refractivity contribution >= 4 is 11.6 Å². The van der Waals surface area contributed by atoms with Gasteiger partial charge in [0.2, 0.25) is 17.6 Å². The van der Waals surface area contributed by atoms with Crippen LogP contribution < -0.4 is 10.6 Å². The summed E-state index contributed by atoms with van der Waals surface area (Å²) in [7, 11) is 0. The molecule has 1 heterocycles. The molecule has 146 valence electrons. The molecule has 3 aromatic rings. The van der Waals surface area contributed by atoms with Crippen molar-refractivity contribution in [3.63, 3.8) is 0 Å². The molecule has 0 aliphatic rings. The molecule has 2 N–H and O–H groups in total. The van der Waals surface area contributed by atoms with Crippen LogP contribution in [-0.2, 0) is 17.8 Å². The SMILES string of the molecule is CCNCc1ccccc1NC(=O)CCc1nc(-c2ccc(C)c(F)c2)no1. The molecule has 7 heteroatoms. The van der Waals surface area contributed by atoms with E-state index in [1.54, 1.807) is 19.1 Å². The molecule has 0 bridgehead atoms. The van der Waals surface area contributed by atoms with Crippen LogP contribution in [0.25, 0.3) is 11.4 Å². The number of nitrogens with one attached hydrogen (secondary N) is 2. The van der Waals surface area contributed by atoms with Gasteiger partial charge in [-0.05, 0) is 36.7 Å². The fourth-order valence-corrected chi connectivity index (χ4v) is 2.69. The molecule has 2 aromatic carbocycles. The molecule has 0 unspecified atom stereocenters. The van der Waals surface area contributed by atoms with Crippen molar-refractivity contribution in [1.82, 2.24) is 15.5 Å². The van der Waals surface area contributed by atoms with Gasteiger partial charge in [-0.3, -0.25) is 4.79 Å². The van der Waals surface area contributed by atoms with E-state index >= 15 is 0 Å². The van der Waals surface area contributed by atoms with Crippen LogP contribution in [0, 0.1) is 12.7 Å². The average Bonchev–Trinajstić information content (AvgIpc) is 3.17. The number of aromatic nitrogens is 2. The molecule has 0 atom stereocenters. The van der Waals surface area contributed by atoms with Crippen LogP contribution in [-0.4, -0.2) is 22.6 Å². The van der Waals surface area contributed by atoms with Crippen molar-refractivity contribution in [2.75, 3.05) is 11.9 Å². The third kappa shape index (κ3) is 5.01. The first kappa shape index (κ1) is 19.7. The summed E-state index contributed by atoms with van der Waals surface area (Å²) >= 11 is 0. The van der Waals surface area contributed by atoms with Crippen LogP contribution in [0.15, 0.2) is 47.0 Å². The topological polar surface area (TPSA) is 80.0 Å². The van der Waals surface area contributed by atoms with E-state index in [2.05, 4.69) is 20.8 Å². The molecule has 0 saturated heterocycles. The Hall–Kier alpha value is -3.06. The van der Waals surface area contributed by atoms with Crippen LogP contribution >= 0.6 is 0 Å². The molecular formula is C21H23FN4O2. The number of aryl methyl sites for hydroxylation is 2. The molecule has 0 radical (unpaired) electrons. The van der Waals surface area contributed by atoms with Crippen molar-refractivity contribution in [1.29, 1.82) is 0 Å². The number of hydrogen-bond donors (Lipinski definition) is 2. The lowest BCUT2D eigenvalue weighted by molar-refractivity contribution is -0.116. The number of halogens is 1. The quantitative estimate of drug-likeness (QED) is 0.618. The summed E-state index contributed by atoms with van der Waals surface area (Å²) in [4.78, 5) is 16.6. The van der Waals surface area contributed by atoms with E-state index in [1.807, 2.05) is 31.2 Å². The van der Waals surface area contributed by atoms with Gasteiger partial charge in [-0.25, -0.2) is 4.39 Å². The van der Waals surface area contributed by atoms with Crippen molar-refractivity contribution in [2.45, 2.75) is 33.2 Å². The average molecular weight is 382 g/mol. The fourth-order valence-electron chi connectivity index (χ4n) is 2.69. The number of anilines is 1. The molecule has 0 saturated carbocycles. The van der Waals surface area contributed by atoms with E-state index in [1.165, 1.54) is 6.07 Å². The number of hydrogen-bond acceptors (Lipinski definition) is 5. The highest BCUT2D eigenvalue weighted by Gasteiger charge is 2.13. The van der Waals surface area contributed by atoms with Crippen molar-refractivity contribution in [3.05, 3.63) is 65.3 Å². The van der Waals surface area contributed by atoms with Gasteiger partial charge in [0.25, 0.3) is 0 Å². The van der Waals surface area contributed by atoms with Gasteiger partial charge in [-0.2, -0.15) is 4.98 Å². The molecular weight excluding hydrogens is 359 g/mol. The largest absolute Gasteiger partial charge is 0.339 e. The zero-order chi connectivity index (χ0) is 19.9. The normalized spacial score (nSPS) is 10.8. The summed E-state index contributed by atoms with van der Waals surface area (Å²) in [6.45, 7) is 5.26. The predicted molar refractivity (Wildman–Crippen MR) is 105 cm³/mol. The van der Waals surface area contributed by atoms with E-state index in [0.717, 1.165) is 17.8 Å². The Balaban J connectivity index is 1.58. The zero-order valence-electron chi connectivity index (χ0n) is 16.0. The summed E-state index contributed by atoms with van der Waals surface area (Å²) in [6, 6.07) is 12.5. The zero-order valence-corrected chi connectivity index (χ0v) is 16.0. The second-order valence-electron chi connectivity index (χ2n) is 6.46. The highest BCUT2D eigenvalue weighted by Crippen LogP contribution is 2.20. The van der Waals surface area contributed by atoms with E-state index in [0.29, 0.717) is 35.8 Å². The first-order valence-corrected chi connectivity index (χ1v) is 9.24. The van der Waals surface area contributed by atoms with Crippen LogP contribution in [0.4, 0.5) is 10.1 Å². The molecule has 0 spiro atoms. The van der Waals surface area contributed by atoms with E-state index < -0.39 is 0 Å². The number of carbonyl (C=O) groups excluding carboxylic acids is 1. The third-order valence-corrected chi connectivity index (χ3v) is 4.32. The molecule has 1 amide bonds. The number of rotatable bonds is 8. The first-order valence-electron chi connectivity index (χ1n) is 9.24. The number of benzene rings is 2. The molecule has 0 aliphatic heterocycles. The Morgan fingerprint density at radius 2 is 2.04 bits per heavy atom. The predicted octanol–water partition coefficient (Wildman–Crippen LogP) is 3.86. The molecule has 28 heavy (non-hydrogen) atoms. The minimum absolute atomic E-state index is 0.134. The van der Waals surface area contributed by atoms with Gasteiger partial charge in [0, 0.05) is 30.6 Å². The van der Waals surface area contributed by atoms with Gasteiger partial charge < -0.3 is 15.2 Å². The Morgan fingerprint density at radius 3 is 2.82 bits per heavy atom. The minimum atomic E-state index is -0.320. The minimum Gasteiger partial charge on any atom is -0.339 e. The highest BCUT2D eigenvalue weighted by atomic mass is 19.1. The van der Waals surface area contributed by atoms with Gasteiger partial charge >= 0.3 is 0 Å². The smallest absolute Gasteiger partial charge is 0.227 e. The Kier molecular flexibility index (Phi) is 6.49. The second-order valence-corrected chi connectivity index (χ2v) is 6.46. The molecule has 6 nitrogen and oxygen atoms in total. The summed E-state index contributed by atoms with van der Waals surface area (Å²) in [5.41, 5.74) is 2.91. The molecule has 0 fully saturated rings. The van der Waals surface area contributed by atoms with Crippen molar-refractivity contribution < 1.29 is 13.7 Å². The molecule has 0 aliphatic carbocycles. The van der Waals surface area contributed by atoms with Gasteiger partial charge in [0.1, 0.15) is 5.82 Å². The lowest BCUT2D eigenvalue weighted by atomic mass is 10.1. The summed E-state index contributed by atoms with van der Waals surface area (Å²) in [6.07, 6.45) is 0.516. The van der Waals surface area contributed by atoms with Gasteiger partial charge in [-0.1, -0.05) is 42.4 Å². The summed E-state index contributed by atoms with van der Waals surface area (Å²) in [5.74, 6) is 0.196. The van der Waals surface area contributed by atoms with Crippen LogP contribution in [0.3, 0.4) is 0 Å². The number of amides is 1. The number of nitrogens with zero attached hydrogens (tertiary/aromatic N) is 2. The molecule has 3 rings (SSSR count). The van der Waals surface area contributed by atoms with Crippen molar-refractivity contribution in [2.24, 2.45) is 0 Å². The number of carbonyl (C=O) groups is 1. The standard InChI is InChI=1S/C21H23FN4O2/c1-3-23-13-16-6-4-5-7-18(16)24-19(27)10-11-20-25-21(26-28-20)15-9-8-14(2)17(22)12-15/h4-9,12,23H,3,10-11,13H2,1-2H3,(H,24,27).